The van der Waals surface area contributed by atoms with E-state index in [9.17, 15) is 14.0 Å². The van der Waals surface area contributed by atoms with Crippen molar-refractivity contribution in [3.63, 3.8) is 0 Å². The number of benzene rings is 1. The third-order valence-corrected chi connectivity index (χ3v) is 6.30. The van der Waals surface area contributed by atoms with Crippen LogP contribution in [-0.2, 0) is 19.9 Å². The summed E-state index contributed by atoms with van der Waals surface area (Å²) in [7, 11) is 3.33. The average molecular weight is 385 g/mol. The molecule has 0 saturated heterocycles. The van der Waals surface area contributed by atoms with Crippen LogP contribution in [0.1, 0.15) is 44.1 Å². The van der Waals surface area contributed by atoms with Crippen molar-refractivity contribution in [2.45, 2.75) is 25.7 Å². The van der Waals surface area contributed by atoms with Crippen molar-refractivity contribution in [1.82, 2.24) is 9.88 Å². The summed E-state index contributed by atoms with van der Waals surface area (Å²) in [6.07, 6.45) is 3.95. The van der Waals surface area contributed by atoms with Gasteiger partial charge in [-0.1, -0.05) is 0 Å². The molecule has 2 aromatic heterocycles. The van der Waals surface area contributed by atoms with Crippen molar-refractivity contribution >= 4 is 39.1 Å². The van der Waals surface area contributed by atoms with E-state index in [1.54, 1.807) is 30.8 Å². The van der Waals surface area contributed by atoms with Crippen molar-refractivity contribution in [2.24, 2.45) is 7.05 Å². The van der Waals surface area contributed by atoms with Crippen molar-refractivity contribution < 1.29 is 14.0 Å². The van der Waals surface area contributed by atoms with Crippen LogP contribution >= 0.6 is 11.3 Å². The van der Waals surface area contributed by atoms with Crippen molar-refractivity contribution in [3.05, 3.63) is 51.8 Å². The number of anilines is 1. The Kier molecular flexibility index (Phi) is 4.47. The molecule has 5 nitrogen and oxygen atoms in total. The highest BCUT2D eigenvalue weighted by Gasteiger charge is 2.26. The van der Waals surface area contributed by atoms with E-state index in [1.807, 2.05) is 0 Å². The quantitative estimate of drug-likeness (QED) is 0.719. The molecule has 0 fully saturated rings. The summed E-state index contributed by atoms with van der Waals surface area (Å²) in [6.45, 7) is 0. The zero-order valence-electron chi connectivity index (χ0n) is 15.2. The standard InChI is InChI=1S/C20H20FN3O2S/c1-22-19(26)17-13-5-3-4-6-16(13)27-20(17)23-18(25)15-9-11-7-8-12(21)10-14(11)24(15)2/h7-10H,3-6H2,1-2H3,(H,22,26)(H,23,25). The normalized spacial score (nSPS) is 13.4. The molecule has 0 spiro atoms. The van der Waals surface area contributed by atoms with Crippen LogP contribution < -0.4 is 10.6 Å². The maximum atomic E-state index is 13.5. The van der Waals surface area contributed by atoms with E-state index in [-0.39, 0.29) is 17.6 Å². The molecule has 2 heterocycles. The fourth-order valence-corrected chi connectivity index (χ4v) is 4.99. The summed E-state index contributed by atoms with van der Waals surface area (Å²) in [6, 6.07) is 6.17. The topological polar surface area (TPSA) is 63.1 Å². The van der Waals surface area contributed by atoms with Crippen LogP contribution in [0.15, 0.2) is 24.3 Å². The predicted molar refractivity (Wildman–Crippen MR) is 105 cm³/mol. The molecule has 0 saturated carbocycles. The lowest BCUT2D eigenvalue weighted by molar-refractivity contribution is 0.0963. The SMILES string of the molecule is CNC(=O)c1c(NC(=O)c2cc3ccc(F)cc3n2C)sc2c1CCCC2. The van der Waals surface area contributed by atoms with E-state index in [2.05, 4.69) is 10.6 Å². The second-order valence-corrected chi connectivity index (χ2v) is 7.85. The molecule has 1 aliphatic rings. The smallest absolute Gasteiger partial charge is 0.272 e. The summed E-state index contributed by atoms with van der Waals surface area (Å²) in [5.74, 6) is -0.829. The molecule has 0 bridgehead atoms. The molecule has 0 unspecified atom stereocenters. The number of carbonyl (C=O) groups excluding carboxylic acids is 2. The van der Waals surface area contributed by atoms with Crippen molar-refractivity contribution in [1.29, 1.82) is 0 Å². The van der Waals surface area contributed by atoms with Crippen LogP contribution in [0.4, 0.5) is 9.39 Å². The van der Waals surface area contributed by atoms with Gasteiger partial charge in [-0.2, -0.15) is 0 Å². The number of fused-ring (bicyclic) bond motifs is 2. The monoisotopic (exact) mass is 385 g/mol. The minimum atomic E-state index is -0.344. The second kappa shape index (κ2) is 6.81. The number of hydrogen-bond acceptors (Lipinski definition) is 3. The molecule has 1 aromatic carbocycles. The highest BCUT2D eigenvalue weighted by atomic mass is 32.1. The van der Waals surface area contributed by atoms with E-state index in [4.69, 9.17) is 0 Å². The van der Waals surface area contributed by atoms with Gasteiger partial charge in [-0.25, -0.2) is 4.39 Å². The zero-order valence-corrected chi connectivity index (χ0v) is 16.0. The molecular formula is C20H20FN3O2S. The Labute approximate surface area is 160 Å². The van der Waals surface area contributed by atoms with Crippen LogP contribution in [0.5, 0.6) is 0 Å². The molecule has 2 N–H and O–H groups in total. The van der Waals surface area contributed by atoms with Crippen molar-refractivity contribution in [2.75, 3.05) is 12.4 Å². The molecule has 0 atom stereocenters. The first-order valence-electron chi connectivity index (χ1n) is 8.92. The Morgan fingerprint density at radius 1 is 1.15 bits per heavy atom. The third-order valence-electron chi connectivity index (χ3n) is 5.09. The number of halogens is 1. The van der Waals surface area contributed by atoms with Gasteiger partial charge in [0.15, 0.2) is 0 Å². The number of rotatable bonds is 3. The lowest BCUT2D eigenvalue weighted by Gasteiger charge is -2.12. The molecule has 7 heteroatoms. The molecule has 0 aliphatic heterocycles. The summed E-state index contributed by atoms with van der Waals surface area (Å²) in [5.41, 5.74) is 2.71. The van der Waals surface area contributed by atoms with Gasteiger partial charge in [-0.3, -0.25) is 9.59 Å². The first-order chi connectivity index (χ1) is 13.0. The van der Waals surface area contributed by atoms with E-state index in [0.717, 1.165) is 36.6 Å². The predicted octanol–water partition coefficient (Wildman–Crippen LogP) is 3.87. The van der Waals surface area contributed by atoms with Gasteiger partial charge >= 0.3 is 0 Å². The number of aromatic nitrogens is 1. The number of hydrogen-bond donors (Lipinski definition) is 2. The van der Waals surface area contributed by atoms with Gasteiger partial charge in [0.25, 0.3) is 11.8 Å². The van der Waals surface area contributed by atoms with Gasteiger partial charge in [0.2, 0.25) is 0 Å². The second-order valence-electron chi connectivity index (χ2n) is 6.74. The molecule has 1 aliphatic carbocycles. The number of carbonyl (C=O) groups is 2. The number of thiophene rings is 1. The van der Waals surface area contributed by atoms with Gasteiger partial charge in [0, 0.05) is 24.4 Å². The third kappa shape index (κ3) is 3.02. The van der Waals surface area contributed by atoms with Crippen LogP contribution in [0.3, 0.4) is 0 Å². The highest BCUT2D eigenvalue weighted by molar-refractivity contribution is 7.17. The summed E-state index contributed by atoms with van der Waals surface area (Å²) < 4.78 is 15.2. The summed E-state index contributed by atoms with van der Waals surface area (Å²) >= 11 is 1.48. The molecule has 3 aromatic rings. The van der Waals surface area contributed by atoms with Crippen LogP contribution in [0.25, 0.3) is 10.9 Å². The lowest BCUT2D eigenvalue weighted by atomic mass is 9.95. The minimum Gasteiger partial charge on any atom is -0.355 e. The zero-order chi connectivity index (χ0) is 19.1. The van der Waals surface area contributed by atoms with E-state index < -0.39 is 0 Å². The van der Waals surface area contributed by atoms with E-state index >= 15 is 0 Å². The van der Waals surface area contributed by atoms with Crippen LogP contribution in [-0.4, -0.2) is 23.4 Å². The first-order valence-corrected chi connectivity index (χ1v) is 9.74. The Bertz CT molecular complexity index is 1070. The largest absolute Gasteiger partial charge is 0.355 e. The average Bonchev–Trinajstić information content (AvgIpc) is 3.18. The highest BCUT2D eigenvalue weighted by Crippen LogP contribution is 2.38. The Morgan fingerprint density at radius 2 is 1.93 bits per heavy atom. The van der Waals surface area contributed by atoms with Gasteiger partial charge in [0.1, 0.15) is 16.5 Å². The molecule has 140 valence electrons. The summed E-state index contributed by atoms with van der Waals surface area (Å²) in [5, 5.41) is 6.98. The number of nitrogens with one attached hydrogen (secondary N) is 2. The fourth-order valence-electron chi connectivity index (χ4n) is 3.71. The van der Waals surface area contributed by atoms with Crippen LogP contribution in [0, 0.1) is 5.82 Å². The molecule has 27 heavy (non-hydrogen) atoms. The minimum absolute atomic E-state index is 0.177. The van der Waals surface area contributed by atoms with Crippen LogP contribution in [0.2, 0.25) is 0 Å². The number of nitrogens with zero attached hydrogens (tertiary/aromatic N) is 1. The molecule has 4 rings (SSSR count). The molecule has 2 amide bonds. The lowest BCUT2D eigenvalue weighted by Crippen LogP contribution is -2.22. The first kappa shape index (κ1) is 17.7. The van der Waals surface area contributed by atoms with E-state index in [1.165, 1.54) is 28.3 Å². The Morgan fingerprint density at radius 3 is 2.70 bits per heavy atom. The number of aryl methyl sites for hydroxylation is 2. The molecule has 0 radical (unpaired) electrons. The molecular weight excluding hydrogens is 365 g/mol. The summed E-state index contributed by atoms with van der Waals surface area (Å²) in [4.78, 5) is 26.5. The van der Waals surface area contributed by atoms with Crippen molar-refractivity contribution in [3.8, 4) is 0 Å². The maximum Gasteiger partial charge on any atom is 0.272 e. The van der Waals surface area contributed by atoms with Gasteiger partial charge in [-0.05, 0) is 55.5 Å². The Balaban J connectivity index is 1.72. The maximum absolute atomic E-state index is 13.5. The van der Waals surface area contributed by atoms with E-state index in [0.29, 0.717) is 21.8 Å². The van der Waals surface area contributed by atoms with Gasteiger partial charge < -0.3 is 15.2 Å². The van der Waals surface area contributed by atoms with Gasteiger partial charge in [0.05, 0.1) is 11.1 Å². The van der Waals surface area contributed by atoms with Gasteiger partial charge in [-0.15, -0.1) is 11.3 Å². The fraction of sp³-hybridized carbons (Fsp3) is 0.300. The Hall–Kier alpha value is -2.67. The number of amides is 2.